The van der Waals surface area contributed by atoms with Gasteiger partial charge in [-0.15, -0.1) is 0 Å². The quantitative estimate of drug-likeness (QED) is 0.0807. The molecule has 12 nitrogen and oxygen atoms in total. The molecule has 0 radical (unpaired) electrons. The van der Waals surface area contributed by atoms with Crippen molar-refractivity contribution in [3.63, 3.8) is 0 Å². The molecule has 0 amide bonds. The third kappa shape index (κ3) is 11.1. The molecule has 0 unspecified atom stereocenters. The molecule has 0 N–H and O–H groups in total. The summed E-state index contributed by atoms with van der Waals surface area (Å²) in [4.78, 5) is 0. The second-order valence-electron chi connectivity index (χ2n) is 13.5. The first-order chi connectivity index (χ1) is 18.8. The first-order valence-corrected chi connectivity index (χ1v) is 18.7. The zero-order valence-corrected chi connectivity index (χ0v) is 35.4. The van der Waals surface area contributed by atoms with Gasteiger partial charge in [0.25, 0.3) is 0 Å². The summed E-state index contributed by atoms with van der Waals surface area (Å²) in [6.45, 7) is 6.58. The molecule has 0 saturated heterocycles. The average Bonchev–Trinajstić information content (AvgIpc) is 3.16. The van der Waals surface area contributed by atoms with E-state index in [1.54, 1.807) is 0 Å². The van der Waals surface area contributed by atoms with Gasteiger partial charge in [0, 0.05) is 0 Å². The van der Waals surface area contributed by atoms with Gasteiger partial charge in [-0.3, -0.25) is 12.5 Å². The fourth-order valence-electron chi connectivity index (χ4n) is 9.75. The van der Waals surface area contributed by atoms with Gasteiger partial charge in [0.1, 0.15) is 0 Å². The Balaban J connectivity index is 0.00000323. The minimum Gasteiger partial charge on any atom is -0.726 e. The van der Waals surface area contributed by atoms with E-state index in [4.69, 9.17) is 8.37 Å². The van der Waals surface area contributed by atoms with Gasteiger partial charge < -0.3 is 13.7 Å². The SMILES string of the molecule is C[C@H](CCCCCOS(=O)(=O)[O-])[C@H]1CC[C@H]2[C@@H]3[C@H](OS(=O)(=O)[O-])C[C@@H]4C[C@H](OS(=O)(=O)[O-])CC[C@]4(C)[C@H]3CC[C@]12C.[Na+].[Na+].[Na+]. The Hall–Kier alpha value is 2.61. The fourth-order valence-corrected chi connectivity index (χ4v) is 11.1. The molecule has 0 aliphatic heterocycles. The van der Waals surface area contributed by atoms with Crippen molar-refractivity contribution in [3.8, 4) is 0 Å². The fraction of sp³-hybridized carbons (Fsp3) is 1.00. The standard InChI is InChI=1S/C26H46O12S3.3Na/c1-17(7-5-4-6-14-36-39(27,28)29)20-8-9-21-24-22(11-13-26(20,21)3)25(2)12-10-19(37-40(30,31)32)15-18(25)16-23(24)38-41(33,34)35;;;/h17-24H,4-16H2,1-3H3,(H,27,28,29)(H,30,31,32)(H,33,34,35);;;/q;3*+1/p-3/t17-,18+,19-,20-,21+,22+,23-,24+,25+,26-;;;/m1.../s1. The molecule has 4 fully saturated rings. The van der Waals surface area contributed by atoms with E-state index in [2.05, 4.69) is 25.0 Å². The summed E-state index contributed by atoms with van der Waals surface area (Å²) < 4.78 is 116. The molecule has 4 aliphatic rings. The van der Waals surface area contributed by atoms with Crippen molar-refractivity contribution < 1.29 is 140 Å². The second-order valence-corrected chi connectivity index (χ2v) is 16.5. The zero-order valence-electron chi connectivity index (χ0n) is 26.9. The van der Waals surface area contributed by atoms with Gasteiger partial charge in [-0.05, 0) is 104 Å². The van der Waals surface area contributed by atoms with E-state index in [1.807, 2.05) is 0 Å². The number of fused-ring (bicyclic) bond motifs is 5. The first-order valence-electron chi connectivity index (χ1n) is 14.7. The second kappa shape index (κ2) is 17.2. The average molecular weight is 713 g/mol. The van der Waals surface area contributed by atoms with Gasteiger partial charge in [-0.1, -0.05) is 40.0 Å². The number of rotatable bonds is 12. The summed E-state index contributed by atoms with van der Waals surface area (Å²) in [5, 5.41) is 0. The molecule has 4 saturated carbocycles. The van der Waals surface area contributed by atoms with Crippen molar-refractivity contribution in [2.75, 3.05) is 6.61 Å². The maximum atomic E-state index is 11.9. The number of hydrogen-bond donors (Lipinski definition) is 0. The Morgan fingerprint density at radius 3 is 1.91 bits per heavy atom. The van der Waals surface area contributed by atoms with Crippen molar-refractivity contribution in [2.45, 2.75) is 110 Å². The molecule has 0 aromatic carbocycles. The Labute approximate surface area is 330 Å². The minimum atomic E-state index is -4.98. The van der Waals surface area contributed by atoms with Gasteiger partial charge >= 0.3 is 88.7 Å². The van der Waals surface area contributed by atoms with Crippen LogP contribution >= 0.6 is 0 Å². The van der Waals surface area contributed by atoms with Crippen LogP contribution in [0.1, 0.15) is 97.8 Å². The van der Waals surface area contributed by atoms with E-state index >= 15 is 0 Å². The third-order valence-electron chi connectivity index (χ3n) is 11.4. The summed E-state index contributed by atoms with van der Waals surface area (Å²) >= 11 is 0. The molecule has 0 bridgehead atoms. The Kier molecular flexibility index (Phi) is 17.5. The minimum absolute atomic E-state index is 0. The van der Waals surface area contributed by atoms with Crippen molar-refractivity contribution >= 4 is 31.2 Å². The smallest absolute Gasteiger partial charge is 0.726 e. The number of hydrogen-bond acceptors (Lipinski definition) is 12. The van der Waals surface area contributed by atoms with E-state index < -0.39 is 43.4 Å². The van der Waals surface area contributed by atoms with Crippen molar-refractivity contribution in [1.29, 1.82) is 0 Å². The van der Waals surface area contributed by atoms with Crippen LogP contribution in [0.15, 0.2) is 0 Å². The van der Waals surface area contributed by atoms with Crippen LogP contribution in [0.3, 0.4) is 0 Å². The van der Waals surface area contributed by atoms with Crippen LogP contribution in [0.25, 0.3) is 0 Å². The van der Waals surface area contributed by atoms with Crippen LogP contribution in [-0.4, -0.2) is 57.7 Å². The summed E-state index contributed by atoms with van der Waals surface area (Å²) in [6.07, 6.45) is 6.82. The van der Waals surface area contributed by atoms with E-state index in [9.17, 15) is 38.9 Å². The van der Waals surface area contributed by atoms with Crippen LogP contribution in [-0.2, 0) is 43.7 Å². The first kappa shape index (κ1) is 44.6. The van der Waals surface area contributed by atoms with Crippen LogP contribution in [0.4, 0.5) is 0 Å². The largest absolute Gasteiger partial charge is 1.00 e. The Bertz CT molecular complexity index is 1270. The van der Waals surface area contributed by atoms with E-state index in [0.29, 0.717) is 43.9 Å². The molecule has 18 heteroatoms. The monoisotopic (exact) mass is 712 g/mol. The van der Waals surface area contributed by atoms with Crippen LogP contribution in [0, 0.1) is 46.3 Å². The van der Waals surface area contributed by atoms with Gasteiger partial charge in [0.05, 0.1) is 18.8 Å². The van der Waals surface area contributed by atoms with Crippen LogP contribution in [0.5, 0.6) is 0 Å². The predicted molar refractivity (Wildman–Crippen MR) is 143 cm³/mol. The predicted octanol–water partition coefficient (Wildman–Crippen LogP) is -5.37. The molecule has 44 heavy (non-hydrogen) atoms. The third-order valence-corrected chi connectivity index (χ3v) is 12.8. The Morgan fingerprint density at radius 2 is 1.32 bits per heavy atom. The summed E-state index contributed by atoms with van der Waals surface area (Å²) in [7, 11) is -14.5. The van der Waals surface area contributed by atoms with Gasteiger partial charge in [0.15, 0.2) is 0 Å². The molecule has 0 aromatic rings. The molecular formula is C26H43Na3O12S3. The van der Waals surface area contributed by atoms with Crippen molar-refractivity contribution in [2.24, 2.45) is 46.3 Å². The maximum absolute atomic E-state index is 11.9. The zero-order chi connectivity index (χ0) is 30.4. The Morgan fingerprint density at radius 1 is 0.727 bits per heavy atom. The molecule has 240 valence electrons. The van der Waals surface area contributed by atoms with Crippen molar-refractivity contribution in [1.82, 2.24) is 0 Å². The molecule has 0 aromatic heterocycles. The molecule has 0 heterocycles. The van der Waals surface area contributed by atoms with Gasteiger partial charge in [-0.2, -0.15) is 0 Å². The maximum Gasteiger partial charge on any atom is 1.00 e. The van der Waals surface area contributed by atoms with Gasteiger partial charge in [-0.25, -0.2) is 25.3 Å². The summed E-state index contributed by atoms with van der Waals surface area (Å²) in [6, 6.07) is 0. The summed E-state index contributed by atoms with van der Waals surface area (Å²) in [5.74, 6) is 0.780. The van der Waals surface area contributed by atoms with Crippen LogP contribution in [0.2, 0.25) is 0 Å². The van der Waals surface area contributed by atoms with Gasteiger partial charge in [0.2, 0.25) is 31.2 Å². The van der Waals surface area contributed by atoms with E-state index in [-0.39, 0.29) is 130 Å². The molecular weight excluding hydrogens is 669 g/mol. The van der Waals surface area contributed by atoms with E-state index in [0.717, 1.165) is 44.9 Å². The molecule has 10 atom stereocenters. The molecule has 0 spiro atoms. The summed E-state index contributed by atoms with van der Waals surface area (Å²) in [5.41, 5.74) is -0.275. The van der Waals surface area contributed by atoms with Crippen LogP contribution < -0.4 is 88.7 Å². The molecule has 4 aliphatic carbocycles. The number of unbranched alkanes of at least 4 members (excludes halogenated alkanes) is 2. The molecule has 4 rings (SSSR count). The van der Waals surface area contributed by atoms with E-state index in [1.165, 1.54) is 0 Å². The normalized spacial score (nSPS) is 37.6. The van der Waals surface area contributed by atoms with Crippen molar-refractivity contribution in [3.05, 3.63) is 0 Å². The topological polar surface area (TPSA) is 199 Å².